The number of carbonyl (C=O) groups is 2. The number of carboxylic acid groups (broad SMARTS) is 1. The van der Waals surface area contributed by atoms with Crippen LogP contribution in [0.4, 0.5) is 0 Å². The van der Waals surface area contributed by atoms with E-state index in [2.05, 4.69) is 10.6 Å². The van der Waals surface area contributed by atoms with E-state index in [-0.39, 0.29) is 32.0 Å². The lowest BCUT2D eigenvalue weighted by atomic mass is 10.2. The highest BCUT2D eigenvalue weighted by Crippen LogP contribution is 2.08. The van der Waals surface area contributed by atoms with Crippen molar-refractivity contribution in [1.82, 2.24) is 10.6 Å². The summed E-state index contributed by atoms with van der Waals surface area (Å²) in [6.07, 6.45) is -0.874. The van der Waals surface area contributed by atoms with Crippen molar-refractivity contribution < 1.29 is 24.5 Å². The number of nitrogens with one attached hydrogen (secondary N) is 2. The first-order valence-electron chi connectivity index (χ1n) is 7.08. The Morgan fingerprint density at radius 3 is 2.59 bits per heavy atom. The Balaban J connectivity index is 2.18. The normalized spacial score (nSPS) is 13.2. The van der Waals surface area contributed by atoms with E-state index in [9.17, 15) is 14.7 Å². The molecule has 0 saturated heterocycles. The second-order valence-corrected chi connectivity index (χ2v) is 4.84. The molecule has 2 atom stereocenters. The zero-order chi connectivity index (χ0) is 16.4. The van der Waals surface area contributed by atoms with Crippen molar-refractivity contribution in [2.24, 2.45) is 0 Å². The zero-order valence-electron chi connectivity index (χ0n) is 12.5. The minimum atomic E-state index is -0.964. The third-order valence-corrected chi connectivity index (χ3v) is 2.88. The van der Waals surface area contributed by atoms with Gasteiger partial charge in [-0.05, 0) is 19.1 Å². The highest BCUT2D eigenvalue weighted by Gasteiger charge is 2.14. The van der Waals surface area contributed by atoms with Gasteiger partial charge in [-0.1, -0.05) is 18.2 Å². The third kappa shape index (κ3) is 7.61. The van der Waals surface area contributed by atoms with Crippen molar-refractivity contribution >= 4 is 11.9 Å². The molecule has 0 aliphatic rings. The molecule has 0 fully saturated rings. The molecule has 0 saturated carbocycles. The predicted molar refractivity (Wildman–Crippen MR) is 80.7 cm³/mol. The van der Waals surface area contributed by atoms with Gasteiger partial charge in [0, 0.05) is 13.1 Å². The fourth-order valence-corrected chi connectivity index (χ4v) is 1.62. The van der Waals surface area contributed by atoms with Gasteiger partial charge in [-0.2, -0.15) is 0 Å². The Labute approximate surface area is 129 Å². The molecule has 0 aromatic heterocycles. The predicted octanol–water partition coefficient (Wildman–Crippen LogP) is -0.00470. The van der Waals surface area contributed by atoms with Gasteiger partial charge in [-0.3, -0.25) is 9.59 Å². The van der Waals surface area contributed by atoms with Crippen molar-refractivity contribution in [2.45, 2.75) is 25.5 Å². The molecule has 7 heteroatoms. The second kappa shape index (κ2) is 9.75. The maximum absolute atomic E-state index is 11.6. The van der Waals surface area contributed by atoms with Gasteiger partial charge in [-0.25, -0.2) is 0 Å². The monoisotopic (exact) mass is 310 g/mol. The number of carboxylic acids is 1. The molecule has 1 amide bonds. The van der Waals surface area contributed by atoms with E-state index in [4.69, 9.17) is 9.84 Å². The molecule has 0 radical (unpaired) electrons. The van der Waals surface area contributed by atoms with Crippen molar-refractivity contribution in [3.8, 4) is 5.75 Å². The largest absolute Gasteiger partial charge is 0.491 e. The fraction of sp³-hybridized carbons (Fsp3) is 0.467. The van der Waals surface area contributed by atoms with Gasteiger partial charge in [0.25, 0.3) is 0 Å². The summed E-state index contributed by atoms with van der Waals surface area (Å²) in [5.41, 5.74) is 0. The van der Waals surface area contributed by atoms with Crippen molar-refractivity contribution in [1.29, 1.82) is 0 Å². The maximum atomic E-state index is 11.6. The van der Waals surface area contributed by atoms with E-state index in [1.165, 1.54) is 0 Å². The number of ether oxygens (including phenoxy) is 1. The molecular formula is C15H22N2O5. The van der Waals surface area contributed by atoms with Crippen LogP contribution >= 0.6 is 0 Å². The second-order valence-electron chi connectivity index (χ2n) is 4.84. The lowest BCUT2D eigenvalue weighted by molar-refractivity contribution is -0.136. The van der Waals surface area contributed by atoms with Gasteiger partial charge in [0.15, 0.2) is 0 Å². The van der Waals surface area contributed by atoms with Crippen LogP contribution in [0.2, 0.25) is 0 Å². The first-order chi connectivity index (χ1) is 10.5. The van der Waals surface area contributed by atoms with Crippen LogP contribution in [0.15, 0.2) is 30.3 Å². The Hall–Kier alpha value is -2.12. The van der Waals surface area contributed by atoms with Crippen LogP contribution in [0.25, 0.3) is 0 Å². The Kier molecular flexibility index (Phi) is 7.95. The molecule has 1 aromatic rings. The summed E-state index contributed by atoms with van der Waals surface area (Å²) in [7, 11) is 0. The SMILES string of the molecule is C[C@@H](NC[C@H](O)COc1ccccc1)C(=O)NCCC(=O)O. The molecule has 0 spiro atoms. The third-order valence-electron chi connectivity index (χ3n) is 2.88. The highest BCUT2D eigenvalue weighted by atomic mass is 16.5. The Morgan fingerprint density at radius 2 is 1.95 bits per heavy atom. The molecule has 0 aliphatic carbocycles. The minimum Gasteiger partial charge on any atom is -0.491 e. The van der Waals surface area contributed by atoms with Gasteiger partial charge in [0.1, 0.15) is 18.5 Å². The number of para-hydroxylation sites is 1. The van der Waals surface area contributed by atoms with Crippen LogP contribution in [0.1, 0.15) is 13.3 Å². The summed E-state index contributed by atoms with van der Waals surface area (Å²) in [5, 5.41) is 23.6. The van der Waals surface area contributed by atoms with E-state index in [0.29, 0.717) is 5.75 Å². The Morgan fingerprint density at radius 1 is 1.27 bits per heavy atom. The quantitative estimate of drug-likeness (QED) is 0.484. The van der Waals surface area contributed by atoms with Crippen LogP contribution in [0.3, 0.4) is 0 Å². The molecule has 0 aliphatic heterocycles. The number of carbonyl (C=O) groups excluding carboxylic acids is 1. The van der Waals surface area contributed by atoms with Gasteiger partial charge in [0.2, 0.25) is 5.91 Å². The van der Waals surface area contributed by atoms with Gasteiger partial charge >= 0.3 is 5.97 Å². The summed E-state index contributed by atoms with van der Waals surface area (Å²) < 4.78 is 5.40. The average molecular weight is 310 g/mol. The standard InChI is InChI=1S/C15H22N2O5/c1-11(15(21)16-8-7-14(19)20)17-9-12(18)10-22-13-5-3-2-4-6-13/h2-6,11-12,17-18H,7-10H2,1H3,(H,16,21)(H,19,20)/t11-,12+/m1/s1. The molecule has 0 heterocycles. The summed E-state index contributed by atoms with van der Waals surface area (Å²) in [6, 6.07) is 8.60. The number of aliphatic hydroxyl groups is 1. The molecule has 22 heavy (non-hydrogen) atoms. The molecular weight excluding hydrogens is 288 g/mol. The van der Waals surface area contributed by atoms with Crippen LogP contribution in [-0.2, 0) is 9.59 Å². The van der Waals surface area contributed by atoms with Crippen LogP contribution in [-0.4, -0.2) is 53.9 Å². The zero-order valence-corrected chi connectivity index (χ0v) is 12.5. The number of hydrogen-bond acceptors (Lipinski definition) is 5. The molecule has 7 nitrogen and oxygen atoms in total. The topological polar surface area (TPSA) is 108 Å². The molecule has 1 aromatic carbocycles. The van der Waals surface area contributed by atoms with E-state index in [1.807, 2.05) is 18.2 Å². The first kappa shape index (κ1) is 17.9. The van der Waals surface area contributed by atoms with Crippen molar-refractivity contribution in [3.63, 3.8) is 0 Å². The number of amides is 1. The van der Waals surface area contributed by atoms with Crippen LogP contribution < -0.4 is 15.4 Å². The smallest absolute Gasteiger partial charge is 0.305 e. The number of aliphatic hydroxyl groups excluding tert-OH is 1. The maximum Gasteiger partial charge on any atom is 0.305 e. The van der Waals surface area contributed by atoms with E-state index in [0.717, 1.165) is 0 Å². The molecule has 0 unspecified atom stereocenters. The van der Waals surface area contributed by atoms with Gasteiger partial charge in [0.05, 0.1) is 12.5 Å². The van der Waals surface area contributed by atoms with Gasteiger partial charge < -0.3 is 25.6 Å². The van der Waals surface area contributed by atoms with E-state index < -0.39 is 18.1 Å². The molecule has 4 N–H and O–H groups in total. The highest BCUT2D eigenvalue weighted by molar-refractivity contribution is 5.81. The summed E-state index contributed by atoms with van der Waals surface area (Å²) in [5.74, 6) is -0.604. The summed E-state index contributed by atoms with van der Waals surface area (Å²) in [4.78, 5) is 22.0. The van der Waals surface area contributed by atoms with E-state index in [1.54, 1.807) is 19.1 Å². The van der Waals surface area contributed by atoms with Crippen molar-refractivity contribution in [3.05, 3.63) is 30.3 Å². The molecule has 0 bridgehead atoms. The first-order valence-corrected chi connectivity index (χ1v) is 7.08. The summed E-state index contributed by atoms with van der Waals surface area (Å²) in [6.45, 7) is 2.03. The number of aliphatic carboxylic acids is 1. The minimum absolute atomic E-state index is 0.0832. The molecule has 1 rings (SSSR count). The number of hydrogen-bond donors (Lipinski definition) is 4. The lowest BCUT2D eigenvalue weighted by Gasteiger charge is -2.17. The fourth-order valence-electron chi connectivity index (χ4n) is 1.62. The lowest BCUT2D eigenvalue weighted by Crippen LogP contribution is -2.46. The number of benzene rings is 1. The summed E-state index contributed by atoms with van der Waals surface area (Å²) >= 11 is 0. The van der Waals surface area contributed by atoms with Gasteiger partial charge in [-0.15, -0.1) is 0 Å². The Bertz CT molecular complexity index is 466. The average Bonchev–Trinajstić information content (AvgIpc) is 2.51. The van der Waals surface area contributed by atoms with E-state index >= 15 is 0 Å². The van der Waals surface area contributed by atoms with Crippen LogP contribution in [0.5, 0.6) is 5.75 Å². The van der Waals surface area contributed by atoms with Crippen molar-refractivity contribution in [2.75, 3.05) is 19.7 Å². The van der Waals surface area contributed by atoms with Crippen LogP contribution in [0, 0.1) is 0 Å². The number of rotatable bonds is 10. The molecule has 122 valence electrons.